The minimum Gasteiger partial charge on any atom is -0.493 e. The van der Waals surface area contributed by atoms with Gasteiger partial charge >= 0.3 is 43.6 Å². The van der Waals surface area contributed by atoms with Gasteiger partial charge in [0.05, 0.1) is 43.1 Å². The Kier molecular flexibility index (Phi) is 10.7. The predicted octanol–water partition coefficient (Wildman–Crippen LogP) is 5.38. The number of hydrogen-bond donors (Lipinski definition) is 0. The number of carbonyl (C=O) groups excluding carboxylic acids is 1. The standard InChI is InChI=1S/C20H18O7S.C12H9F3O6S/c1-4-13-10-15-16(9-12(13)2)26-19(21)11-17(15)27-28(23,24)18-8-6-5-7-14(18)20(22)25-3;1-19-9-3-6-7(12(13,14)15)4-11(16)20-8(6)5-10(9)21-22(2,17)18/h5-11H,4H2,1-3H3;3-5H,1-2H3. The SMILES string of the molecule is CCc1cc2c(OS(=O)(=O)c3ccccc3C(=O)OC)cc(=O)oc2cc1C.COc1cc2c(C(F)(F)F)cc(=O)oc2cc1OS(C)(=O)=O. The number of benzene rings is 3. The molecule has 0 atom stereocenters. The van der Waals surface area contributed by atoms with Crippen molar-refractivity contribution in [2.75, 3.05) is 20.5 Å². The van der Waals surface area contributed by atoms with Crippen LogP contribution in [-0.2, 0) is 37.6 Å². The average Bonchev–Trinajstić information content (AvgIpc) is 3.02. The van der Waals surface area contributed by atoms with Crippen molar-refractivity contribution in [2.45, 2.75) is 31.3 Å². The molecule has 18 heteroatoms. The minimum absolute atomic E-state index is 0.164. The van der Waals surface area contributed by atoms with Gasteiger partial charge in [0.15, 0.2) is 17.2 Å². The molecule has 5 rings (SSSR count). The van der Waals surface area contributed by atoms with E-state index in [1.54, 1.807) is 12.1 Å². The zero-order valence-corrected chi connectivity index (χ0v) is 28.4. The number of hydrogen-bond acceptors (Lipinski definition) is 13. The van der Waals surface area contributed by atoms with Crippen LogP contribution in [0.5, 0.6) is 17.2 Å². The summed E-state index contributed by atoms with van der Waals surface area (Å²) < 4.78 is 116. The Morgan fingerprint density at radius 3 is 2.00 bits per heavy atom. The maximum absolute atomic E-state index is 13.0. The van der Waals surface area contributed by atoms with Crippen LogP contribution in [0.15, 0.2) is 84.0 Å². The maximum Gasteiger partial charge on any atom is 0.417 e. The van der Waals surface area contributed by atoms with Crippen LogP contribution in [0, 0.1) is 6.92 Å². The Balaban J connectivity index is 0.000000232. The molecule has 0 amide bonds. The monoisotopic (exact) mass is 740 g/mol. The number of halogens is 3. The molecule has 0 aliphatic heterocycles. The Morgan fingerprint density at radius 1 is 0.800 bits per heavy atom. The van der Waals surface area contributed by atoms with E-state index in [0.717, 1.165) is 49.8 Å². The fourth-order valence-electron chi connectivity index (χ4n) is 4.69. The van der Waals surface area contributed by atoms with Crippen LogP contribution in [0.2, 0.25) is 0 Å². The van der Waals surface area contributed by atoms with Crippen molar-refractivity contribution < 1.29 is 61.5 Å². The highest BCUT2D eigenvalue weighted by Crippen LogP contribution is 2.39. The second-order valence-corrected chi connectivity index (χ2v) is 13.4. The van der Waals surface area contributed by atoms with Gasteiger partial charge in [-0.1, -0.05) is 19.1 Å². The summed E-state index contributed by atoms with van der Waals surface area (Å²) in [6.45, 7) is 3.83. The van der Waals surface area contributed by atoms with Gasteiger partial charge < -0.3 is 26.7 Å². The first kappa shape index (κ1) is 37.5. The zero-order valence-electron chi connectivity index (χ0n) is 26.7. The number of methoxy groups -OCH3 is 2. The molecular formula is C32H27F3O13S2. The van der Waals surface area contributed by atoms with E-state index in [1.165, 1.54) is 24.3 Å². The quantitative estimate of drug-likeness (QED) is 0.112. The Bertz CT molecular complexity index is 2450. The van der Waals surface area contributed by atoms with Crippen molar-refractivity contribution in [3.8, 4) is 17.2 Å². The van der Waals surface area contributed by atoms with E-state index in [-0.39, 0.29) is 33.3 Å². The van der Waals surface area contributed by atoms with Gasteiger partial charge in [0.1, 0.15) is 16.1 Å². The van der Waals surface area contributed by atoms with Crippen molar-refractivity contribution in [3.05, 3.63) is 104 Å². The topological polar surface area (TPSA) is 183 Å². The van der Waals surface area contributed by atoms with Crippen LogP contribution in [0.1, 0.15) is 34.0 Å². The van der Waals surface area contributed by atoms with Crippen molar-refractivity contribution in [1.82, 2.24) is 0 Å². The highest BCUT2D eigenvalue weighted by molar-refractivity contribution is 7.87. The lowest BCUT2D eigenvalue weighted by molar-refractivity contribution is -0.136. The highest BCUT2D eigenvalue weighted by atomic mass is 32.2. The molecule has 0 radical (unpaired) electrons. The first-order valence-electron chi connectivity index (χ1n) is 14.1. The number of fused-ring (bicyclic) bond motifs is 2. The Morgan fingerprint density at radius 2 is 1.42 bits per heavy atom. The summed E-state index contributed by atoms with van der Waals surface area (Å²) in [4.78, 5) is 34.7. The molecule has 0 saturated heterocycles. The molecule has 0 N–H and O–H groups in total. The summed E-state index contributed by atoms with van der Waals surface area (Å²) in [5, 5.41) is -0.106. The fourth-order valence-corrected chi connectivity index (χ4v) is 6.28. The van der Waals surface area contributed by atoms with Gasteiger partial charge in [0, 0.05) is 17.5 Å². The molecule has 0 spiro atoms. The number of esters is 1. The zero-order chi connectivity index (χ0) is 37.2. The van der Waals surface area contributed by atoms with Gasteiger partial charge in [-0.3, -0.25) is 0 Å². The molecule has 0 bridgehead atoms. The van der Waals surface area contributed by atoms with Gasteiger partial charge in [0.25, 0.3) is 0 Å². The molecule has 0 saturated carbocycles. The third-order valence-corrected chi connectivity index (χ3v) is 8.66. The van der Waals surface area contributed by atoms with E-state index in [4.69, 9.17) is 13.3 Å². The van der Waals surface area contributed by atoms with Crippen molar-refractivity contribution in [2.24, 2.45) is 0 Å². The largest absolute Gasteiger partial charge is 0.493 e. The van der Waals surface area contributed by atoms with Crippen LogP contribution in [0.3, 0.4) is 0 Å². The van der Waals surface area contributed by atoms with E-state index in [9.17, 15) is 44.4 Å². The molecule has 3 aromatic carbocycles. The van der Waals surface area contributed by atoms with Crippen molar-refractivity contribution in [3.63, 3.8) is 0 Å². The molecule has 13 nitrogen and oxygen atoms in total. The molecule has 50 heavy (non-hydrogen) atoms. The van der Waals surface area contributed by atoms with Gasteiger partial charge in [-0.2, -0.15) is 30.0 Å². The molecule has 0 aliphatic carbocycles. The second-order valence-electron chi connectivity index (χ2n) is 10.3. The van der Waals surface area contributed by atoms with Crippen LogP contribution in [0.4, 0.5) is 13.2 Å². The van der Waals surface area contributed by atoms with Crippen LogP contribution < -0.4 is 24.4 Å². The first-order valence-corrected chi connectivity index (χ1v) is 17.3. The Hall–Kier alpha value is -5.36. The lowest BCUT2D eigenvalue weighted by Crippen LogP contribution is -2.16. The molecule has 0 fully saturated rings. The molecular weight excluding hydrogens is 713 g/mol. The smallest absolute Gasteiger partial charge is 0.417 e. The highest BCUT2D eigenvalue weighted by Gasteiger charge is 2.34. The fraction of sp³-hybridized carbons (Fsp3) is 0.219. The summed E-state index contributed by atoms with van der Waals surface area (Å²) >= 11 is 0. The van der Waals surface area contributed by atoms with Crippen LogP contribution in [0.25, 0.3) is 21.9 Å². The summed E-state index contributed by atoms with van der Waals surface area (Å²) in [5.41, 5.74) is -1.75. The third-order valence-electron chi connectivity index (χ3n) is 6.88. The summed E-state index contributed by atoms with van der Waals surface area (Å²) in [6, 6.07) is 11.9. The lowest BCUT2D eigenvalue weighted by atomic mass is 10.0. The van der Waals surface area contributed by atoms with E-state index in [1.807, 2.05) is 13.8 Å². The summed E-state index contributed by atoms with van der Waals surface area (Å²) in [7, 11) is -6.09. The summed E-state index contributed by atoms with van der Waals surface area (Å²) in [5.74, 6) is -1.62. The van der Waals surface area contributed by atoms with Gasteiger partial charge in [-0.05, 0) is 54.8 Å². The summed E-state index contributed by atoms with van der Waals surface area (Å²) in [6.07, 6.45) is -3.34. The third kappa shape index (κ3) is 8.43. The maximum atomic E-state index is 13.0. The van der Waals surface area contributed by atoms with Crippen molar-refractivity contribution >= 4 is 48.1 Å². The van der Waals surface area contributed by atoms with Gasteiger partial charge in [0.2, 0.25) is 0 Å². The average molecular weight is 741 g/mol. The number of carbonyl (C=O) groups is 1. The number of rotatable bonds is 8. The lowest BCUT2D eigenvalue weighted by Gasteiger charge is -2.13. The number of ether oxygens (including phenoxy) is 2. The molecule has 2 heterocycles. The van der Waals surface area contributed by atoms with E-state index < -0.39 is 60.2 Å². The Labute approximate surface area is 282 Å². The van der Waals surface area contributed by atoms with Gasteiger partial charge in [-0.15, -0.1) is 0 Å². The molecule has 0 unspecified atom stereocenters. The van der Waals surface area contributed by atoms with Gasteiger partial charge in [-0.25, -0.2) is 14.4 Å². The number of alkyl halides is 3. The first-order chi connectivity index (χ1) is 23.3. The second kappa shape index (κ2) is 14.2. The molecule has 0 aliphatic rings. The van der Waals surface area contributed by atoms with E-state index in [2.05, 4.69) is 13.3 Å². The van der Waals surface area contributed by atoms with Crippen molar-refractivity contribution in [1.29, 1.82) is 0 Å². The molecule has 266 valence electrons. The molecule has 5 aromatic rings. The minimum atomic E-state index is -4.79. The van der Waals surface area contributed by atoms with Crippen LogP contribution in [-0.4, -0.2) is 43.3 Å². The predicted molar refractivity (Wildman–Crippen MR) is 172 cm³/mol. The normalized spacial score (nSPS) is 11.8. The van der Waals surface area contributed by atoms with E-state index in [0.29, 0.717) is 17.9 Å². The molecule has 2 aromatic heterocycles. The van der Waals surface area contributed by atoms with E-state index >= 15 is 0 Å². The number of aryl methyl sites for hydroxylation is 2. The van der Waals surface area contributed by atoms with Crippen LogP contribution >= 0.6 is 0 Å².